The molecule has 9 rings (SSSR count). The summed E-state index contributed by atoms with van der Waals surface area (Å²) >= 11 is 0. The lowest BCUT2D eigenvalue weighted by Crippen LogP contribution is -2.01. The highest BCUT2D eigenvalue weighted by Crippen LogP contribution is 2.53. The molecule has 0 amide bonds. The van der Waals surface area contributed by atoms with Crippen molar-refractivity contribution in [2.45, 2.75) is 6.92 Å². The summed E-state index contributed by atoms with van der Waals surface area (Å²) in [4.78, 5) is 5.47. The van der Waals surface area contributed by atoms with Crippen LogP contribution in [0.4, 0.5) is 0 Å². The van der Waals surface area contributed by atoms with Gasteiger partial charge < -0.3 is 5.11 Å². The van der Waals surface area contributed by atoms with Gasteiger partial charge in [0.05, 0.1) is 5.69 Å². The van der Waals surface area contributed by atoms with E-state index in [1.807, 2.05) is 18.2 Å². The molecule has 0 atom stereocenters. The monoisotopic (exact) mass is 665 g/mol. The van der Waals surface area contributed by atoms with E-state index in [1.54, 1.807) is 6.07 Å². The molecule has 0 spiro atoms. The van der Waals surface area contributed by atoms with Gasteiger partial charge >= 0.3 is 0 Å². The number of rotatable bonds is 6. The Balaban J connectivity index is 1.56. The second-order valence-corrected chi connectivity index (χ2v) is 13.2. The van der Waals surface area contributed by atoms with Crippen molar-refractivity contribution in [2.24, 2.45) is 0 Å². The Morgan fingerprint density at radius 3 is 1.33 bits per heavy atom. The van der Waals surface area contributed by atoms with Crippen molar-refractivity contribution in [2.75, 3.05) is 0 Å². The standard InChI is InChI=1S/C50H35NO/c1-33-40-31-30-39(52)32-43(40)45(35-20-9-3-10-21-35)50(51-33)42-29-17-28-41-44(34-18-7-2-8-19-34)46(36-22-11-4-12-23-36)47(37-24-13-5-14-25-37)48(49(41)42)38-26-15-6-16-27-38/h2-32,52H,1H3. The molecule has 1 aromatic heterocycles. The van der Waals surface area contributed by atoms with E-state index in [2.05, 4.69) is 171 Å². The Labute approximate surface area is 304 Å². The molecule has 246 valence electrons. The lowest BCUT2D eigenvalue weighted by molar-refractivity contribution is 0.476. The molecule has 0 saturated carbocycles. The van der Waals surface area contributed by atoms with Crippen LogP contribution in [0.3, 0.4) is 0 Å². The fourth-order valence-corrected chi connectivity index (χ4v) is 7.88. The average Bonchev–Trinajstić information content (AvgIpc) is 3.21. The molecule has 1 heterocycles. The molecule has 0 radical (unpaired) electrons. The third-order valence-electron chi connectivity index (χ3n) is 10.1. The molecule has 8 aromatic carbocycles. The molecule has 0 aliphatic carbocycles. The first kappa shape index (κ1) is 31.2. The van der Waals surface area contributed by atoms with Crippen LogP contribution in [-0.2, 0) is 0 Å². The fourth-order valence-electron chi connectivity index (χ4n) is 7.88. The molecule has 0 saturated heterocycles. The van der Waals surface area contributed by atoms with Gasteiger partial charge in [-0.15, -0.1) is 0 Å². The first-order valence-corrected chi connectivity index (χ1v) is 17.7. The normalized spacial score (nSPS) is 11.2. The van der Waals surface area contributed by atoms with Crippen molar-refractivity contribution in [3.05, 3.63) is 194 Å². The summed E-state index contributed by atoms with van der Waals surface area (Å²) in [6.07, 6.45) is 0. The van der Waals surface area contributed by atoms with Crippen LogP contribution in [0.2, 0.25) is 0 Å². The minimum absolute atomic E-state index is 0.231. The van der Waals surface area contributed by atoms with E-state index < -0.39 is 0 Å². The Bertz CT molecular complexity index is 2710. The second kappa shape index (κ2) is 13.2. The number of aromatic hydroxyl groups is 1. The van der Waals surface area contributed by atoms with Crippen LogP contribution < -0.4 is 0 Å². The summed E-state index contributed by atoms with van der Waals surface area (Å²) in [6, 6.07) is 65.9. The fraction of sp³-hybridized carbons (Fsp3) is 0.0200. The third-order valence-corrected chi connectivity index (χ3v) is 10.1. The summed E-state index contributed by atoms with van der Waals surface area (Å²) in [5.74, 6) is 0.231. The minimum atomic E-state index is 0.231. The molecule has 9 aromatic rings. The molecule has 2 heteroatoms. The molecule has 0 fully saturated rings. The Morgan fingerprint density at radius 1 is 0.365 bits per heavy atom. The van der Waals surface area contributed by atoms with Crippen molar-refractivity contribution in [3.8, 4) is 72.6 Å². The summed E-state index contributed by atoms with van der Waals surface area (Å²) in [5, 5.41) is 15.1. The quantitative estimate of drug-likeness (QED) is 0.192. The number of nitrogens with zero attached hydrogens (tertiary/aromatic N) is 1. The van der Waals surface area contributed by atoms with Crippen LogP contribution in [-0.4, -0.2) is 10.1 Å². The van der Waals surface area contributed by atoms with Crippen LogP contribution in [0.5, 0.6) is 5.75 Å². The predicted molar refractivity (Wildman–Crippen MR) is 218 cm³/mol. The zero-order valence-electron chi connectivity index (χ0n) is 28.8. The largest absolute Gasteiger partial charge is 0.508 e. The molecule has 1 N–H and O–H groups in total. The van der Waals surface area contributed by atoms with Gasteiger partial charge in [-0.2, -0.15) is 0 Å². The number of phenolic OH excluding ortho intramolecular Hbond substituents is 1. The SMILES string of the molecule is Cc1nc(-c2cccc3c(-c4ccccc4)c(-c4ccccc4)c(-c4ccccc4)c(-c4ccccc4)c23)c(-c2ccccc2)c2cc(O)ccc12. The molecule has 0 aliphatic rings. The van der Waals surface area contributed by atoms with Crippen molar-refractivity contribution >= 4 is 21.5 Å². The number of phenols is 1. The van der Waals surface area contributed by atoms with Crippen LogP contribution in [0.1, 0.15) is 5.69 Å². The summed E-state index contributed by atoms with van der Waals surface area (Å²) < 4.78 is 0. The maximum atomic E-state index is 10.9. The first-order chi connectivity index (χ1) is 25.7. The van der Waals surface area contributed by atoms with Crippen LogP contribution in [0.25, 0.3) is 88.4 Å². The van der Waals surface area contributed by atoms with Crippen LogP contribution in [0, 0.1) is 6.92 Å². The van der Waals surface area contributed by atoms with Gasteiger partial charge in [-0.25, -0.2) is 0 Å². The van der Waals surface area contributed by atoms with Crippen molar-refractivity contribution in [1.29, 1.82) is 0 Å². The molecular formula is C50H35NO. The van der Waals surface area contributed by atoms with E-state index >= 15 is 0 Å². The topological polar surface area (TPSA) is 33.1 Å². The number of fused-ring (bicyclic) bond motifs is 2. The zero-order chi connectivity index (χ0) is 35.0. The predicted octanol–water partition coefficient (Wildman–Crippen LogP) is 13.4. The van der Waals surface area contributed by atoms with Gasteiger partial charge in [0.1, 0.15) is 5.75 Å². The maximum Gasteiger partial charge on any atom is 0.116 e. The molecule has 0 aliphatic heterocycles. The molecule has 52 heavy (non-hydrogen) atoms. The van der Waals surface area contributed by atoms with Gasteiger partial charge in [-0.1, -0.05) is 170 Å². The van der Waals surface area contributed by atoms with Gasteiger partial charge in [0, 0.05) is 27.6 Å². The van der Waals surface area contributed by atoms with Gasteiger partial charge in [-0.05, 0) is 86.0 Å². The lowest BCUT2D eigenvalue weighted by atomic mass is 9.77. The summed E-state index contributed by atoms with van der Waals surface area (Å²) in [5.41, 5.74) is 14.2. The van der Waals surface area contributed by atoms with Gasteiger partial charge in [0.2, 0.25) is 0 Å². The summed E-state index contributed by atoms with van der Waals surface area (Å²) in [7, 11) is 0. The highest BCUT2D eigenvalue weighted by atomic mass is 16.3. The number of pyridine rings is 1. The van der Waals surface area contributed by atoms with E-state index in [0.29, 0.717) is 0 Å². The van der Waals surface area contributed by atoms with Gasteiger partial charge in [0.15, 0.2) is 0 Å². The third kappa shape index (κ3) is 5.33. The van der Waals surface area contributed by atoms with E-state index in [0.717, 1.165) is 77.4 Å². The lowest BCUT2D eigenvalue weighted by Gasteiger charge is -2.26. The van der Waals surface area contributed by atoms with Gasteiger partial charge in [-0.3, -0.25) is 4.98 Å². The molecule has 0 unspecified atom stereocenters. The van der Waals surface area contributed by atoms with Crippen LogP contribution >= 0.6 is 0 Å². The van der Waals surface area contributed by atoms with E-state index in [9.17, 15) is 5.11 Å². The zero-order valence-corrected chi connectivity index (χ0v) is 28.8. The molecule has 0 bridgehead atoms. The number of hydrogen-bond donors (Lipinski definition) is 1. The van der Waals surface area contributed by atoms with E-state index in [4.69, 9.17) is 4.98 Å². The Morgan fingerprint density at radius 2 is 0.808 bits per heavy atom. The van der Waals surface area contributed by atoms with E-state index in [-0.39, 0.29) is 5.75 Å². The number of hydrogen-bond acceptors (Lipinski definition) is 2. The van der Waals surface area contributed by atoms with E-state index in [1.165, 1.54) is 16.7 Å². The van der Waals surface area contributed by atoms with Crippen LogP contribution in [0.15, 0.2) is 188 Å². The second-order valence-electron chi connectivity index (χ2n) is 13.2. The number of benzene rings is 8. The average molecular weight is 666 g/mol. The smallest absolute Gasteiger partial charge is 0.116 e. The molecular weight excluding hydrogens is 631 g/mol. The number of aromatic nitrogens is 1. The maximum absolute atomic E-state index is 10.9. The highest BCUT2D eigenvalue weighted by molar-refractivity contribution is 6.23. The first-order valence-electron chi connectivity index (χ1n) is 17.7. The molecule has 2 nitrogen and oxygen atoms in total. The van der Waals surface area contributed by atoms with Crippen molar-refractivity contribution < 1.29 is 5.11 Å². The van der Waals surface area contributed by atoms with Crippen molar-refractivity contribution in [3.63, 3.8) is 0 Å². The summed E-state index contributed by atoms with van der Waals surface area (Å²) in [6.45, 7) is 2.07. The van der Waals surface area contributed by atoms with Crippen molar-refractivity contribution in [1.82, 2.24) is 4.98 Å². The van der Waals surface area contributed by atoms with Gasteiger partial charge in [0.25, 0.3) is 0 Å². The Kier molecular flexibility index (Phi) is 7.91. The number of aryl methyl sites for hydroxylation is 1. The Hall–Kier alpha value is -6.77. The minimum Gasteiger partial charge on any atom is -0.508 e. The highest BCUT2D eigenvalue weighted by Gasteiger charge is 2.27.